The Hall–Kier alpha value is -1.93. The summed E-state index contributed by atoms with van der Waals surface area (Å²) in [6, 6.07) is 1.81. The molecule has 0 aromatic carbocycles. The van der Waals surface area contributed by atoms with Crippen molar-refractivity contribution in [3.63, 3.8) is 0 Å². The predicted molar refractivity (Wildman–Crippen MR) is 76.9 cm³/mol. The Morgan fingerprint density at radius 3 is 2.70 bits per heavy atom. The summed E-state index contributed by atoms with van der Waals surface area (Å²) in [5, 5.41) is 5.88. The molecule has 1 amide bonds. The average molecular weight is 282 g/mol. The molecule has 0 saturated carbocycles. The number of anilines is 2. The molecule has 0 unspecified atom stereocenters. The number of methoxy groups -OCH3 is 1. The van der Waals surface area contributed by atoms with Crippen LogP contribution in [-0.2, 0) is 16.1 Å². The zero-order chi connectivity index (χ0) is 15.0. The summed E-state index contributed by atoms with van der Waals surface area (Å²) in [6.45, 7) is 4.61. The second-order valence-electron chi connectivity index (χ2n) is 4.53. The van der Waals surface area contributed by atoms with Crippen LogP contribution in [0, 0.1) is 0 Å². The standard InChI is InChI=1S/C12H22N6O2/c1-8(2)15-12(19)4-5-14-9-6-10(18-13)17-11(16-9)7-20-3/h6,8H,4-5,7,13H2,1-3H3,(H,15,19)(H2,14,16,17,18). The first-order chi connectivity index (χ1) is 9.55. The summed E-state index contributed by atoms with van der Waals surface area (Å²) >= 11 is 0. The van der Waals surface area contributed by atoms with Gasteiger partial charge in [0.05, 0.1) is 0 Å². The first-order valence-electron chi connectivity index (χ1n) is 6.42. The number of rotatable bonds is 8. The van der Waals surface area contributed by atoms with Crippen LogP contribution in [0.3, 0.4) is 0 Å². The van der Waals surface area contributed by atoms with Crippen molar-refractivity contribution in [2.24, 2.45) is 5.84 Å². The van der Waals surface area contributed by atoms with Crippen LogP contribution in [0.5, 0.6) is 0 Å². The van der Waals surface area contributed by atoms with Gasteiger partial charge < -0.3 is 20.8 Å². The van der Waals surface area contributed by atoms with E-state index in [2.05, 4.69) is 26.0 Å². The zero-order valence-corrected chi connectivity index (χ0v) is 12.1. The molecule has 0 aliphatic rings. The number of ether oxygens (including phenoxy) is 1. The van der Waals surface area contributed by atoms with Crippen molar-refractivity contribution in [3.05, 3.63) is 11.9 Å². The minimum absolute atomic E-state index is 0.00385. The Kier molecular flexibility index (Phi) is 6.68. The van der Waals surface area contributed by atoms with E-state index in [0.717, 1.165) is 0 Å². The fraction of sp³-hybridized carbons (Fsp3) is 0.583. The summed E-state index contributed by atoms with van der Waals surface area (Å²) in [6.07, 6.45) is 0.368. The molecule has 0 spiro atoms. The van der Waals surface area contributed by atoms with E-state index >= 15 is 0 Å². The SMILES string of the molecule is COCc1nc(NN)cc(NCCC(=O)NC(C)C)n1. The minimum Gasteiger partial charge on any atom is -0.377 e. The van der Waals surface area contributed by atoms with Crippen molar-refractivity contribution in [3.8, 4) is 0 Å². The normalized spacial score (nSPS) is 10.4. The summed E-state index contributed by atoms with van der Waals surface area (Å²) in [5.41, 5.74) is 2.47. The maximum absolute atomic E-state index is 11.5. The van der Waals surface area contributed by atoms with Gasteiger partial charge >= 0.3 is 0 Å². The number of nitrogens with zero attached hydrogens (tertiary/aromatic N) is 2. The van der Waals surface area contributed by atoms with Gasteiger partial charge in [0.15, 0.2) is 5.82 Å². The average Bonchev–Trinajstić information content (AvgIpc) is 2.38. The number of hydrazine groups is 1. The van der Waals surface area contributed by atoms with Crippen LogP contribution >= 0.6 is 0 Å². The fourth-order valence-electron chi connectivity index (χ4n) is 1.55. The number of carbonyl (C=O) groups is 1. The summed E-state index contributed by atoms with van der Waals surface area (Å²) in [4.78, 5) is 19.9. The third kappa shape index (κ3) is 5.81. The number of carbonyl (C=O) groups excluding carboxylic acids is 1. The van der Waals surface area contributed by atoms with Gasteiger partial charge in [-0.15, -0.1) is 0 Å². The molecule has 0 aliphatic heterocycles. The van der Waals surface area contributed by atoms with Crippen molar-refractivity contribution in [1.82, 2.24) is 15.3 Å². The van der Waals surface area contributed by atoms with Crippen molar-refractivity contribution >= 4 is 17.5 Å². The molecule has 1 heterocycles. The molecule has 0 aliphatic carbocycles. The highest BCUT2D eigenvalue weighted by molar-refractivity contribution is 5.76. The van der Waals surface area contributed by atoms with Gasteiger partial charge in [-0.25, -0.2) is 15.8 Å². The smallest absolute Gasteiger partial charge is 0.221 e. The lowest BCUT2D eigenvalue weighted by molar-refractivity contribution is -0.121. The first kappa shape index (κ1) is 16.1. The monoisotopic (exact) mass is 282 g/mol. The second kappa shape index (κ2) is 8.28. The van der Waals surface area contributed by atoms with Gasteiger partial charge in [0.25, 0.3) is 0 Å². The quantitative estimate of drug-likeness (QED) is 0.399. The van der Waals surface area contributed by atoms with Gasteiger partial charge in [0.1, 0.15) is 18.2 Å². The molecule has 0 bridgehead atoms. The Morgan fingerprint density at radius 1 is 1.40 bits per heavy atom. The number of nitrogens with two attached hydrogens (primary N) is 1. The molecule has 112 valence electrons. The predicted octanol–water partition coefficient (Wildman–Crippen LogP) is 0.235. The summed E-state index contributed by atoms with van der Waals surface area (Å²) in [5.74, 6) is 6.93. The van der Waals surface area contributed by atoms with Gasteiger partial charge in [-0.05, 0) is 13.8 Å². The Labute approximate surface area is 118 Å². The third-order valence-electron chi connectivity index (χ3n) is 2.30. The number of amides is 1. The van der Waals surface area contributed by atoms with Gasteiger partial charge in [-0.3, -0.25) is 4.79 Å². The van der Waals surface area contributed by atoms with Gasteiger partial charge in [0, 0.05) is 32.2 Å². The molecule has 5 N–H and O–H groups in total. The van der Waals surface area contributed by atoms with E-state index in [4.69, 9.17) is 10.6 Å². The van der Waals surface area contributed by atoms with Crippen LogP contribution in [0.15, 0.2) is 6.07 Å². The number of aromatic nitrogens is 2. The Balaban J connectivity index is 2.54. The van der Waals surface area contributed by atoms with Crippen LogP contribution in [0.2, 0.25) is 0 Å². The number of hydrogen-bond acceptors (Lipinski definition) is 7. The molecular weight excluding hydrogens is 260 g/mol. The molecule has 8 heteroatoms. The number of hydrogen-bond donors (Lipinski definition) is 4. The number of nitrogen functional groups attached to an aromatic ring is 1. The molecule has 0 radical (unpaired) electrons. The van der Waals surface area contributed by atoms with Crippen molar-refractivity contribution in [2.75, 3.05) is 24.4 Å². The van der Waals surface area contributed by atoms with Gasteiger partial charge in [0.2, 0.25) is 5.91 Å². The third-order valence-corrected chi connectivity index (χ3v) is 2.30. The molecule has 0 atom stereocenters. The topological polar surface area (TPSA) is 114 Å². The lowest BCUT2D eigenvalue weighted by Crippen LogP contribution is -2.31. The number of nitrogens with one attached hydrogen (secondary N) is 3. The van der Waals surface area contributed by atoms with E-state index in [1.807, 2.05) is 13.8 Å². The van der Waals surface area contributed by atoms with E-state index in [-0.39, 0.29) is 18.6 Å². The molecule has 1 rings (SSSR count). The van der Waals surface area contributed by atoms with Gasteiger partial charge in [-0.1, -0.05) is 0 Å². The van der Waals surface area contributed by atoms with Crippen LogP contribution in [0.25, 0.3) is 0 Å². The van der Waals surface area contributed by atoms with Crippen molar-refractivity contribution in [2.45, 2.75) is 32.9 Å². The minimum atomic E-state index is -0.00385. The van der Waals surface area contributed by atoms with E-state index in [1.54, 1.807) is 13.2 Å². The molecule has 1 aromatic rings. The molecule has 0 saturated heterocycles. The van der Waals surface area contributed by atoms with E-state index in [1.165, 1.54) is 0 Å². The molecule has 0 fully saturated rings. The lowest BCUT2D eigenvalue weighted by Gasteiger charge is -2.10. The molecule has 1 aromatic heterocycles. The van der Waals surface area contributed by atoms with Crippen molar-refractivity contribution < 1.29 is 9.53 Å². The van der Waals surface area contributed by atoms with E-state index < -0.39 is 0 Å². The van der Waals surface area contributed by atoms with Crippen molar-refractivity contribution in [1.29, 1.82) is 0 Å². The highest BCUT2D eigenvalue weighted by Crippen LogP contribution is 2.10. The van der Waals surface area contributed by atoms with Crippen LogP contribution in [-0.4, -0.2) is 35.6 Å². The summed E-state index contributed by atoms with van der Waals surface area (Å²) < 4.78 is 4.98. The van der Waals surface area contributed by atoms with Gasteiger partial charge in [-0.2, -0.15) is 0 Å². The van der Waals surface area contributed by atoms with E-state index in [0.29, 0.717) is 30.4 Å². The lowest BCUT2D eigenvalue weighted by atomic mass is 10.3. The molecule has 8 nitrogen and oxygen atoms in total. The maximum Gasteiger partial charge on any atom is 0.221 e. The highest BCUT2D eigenvalue weighted by atomic mass is 16.5. The zero-order valence-electron chi connectivity index (χ0n) is 12.1. The first-order valence-corrected chi connectivity index (χ1v) is 6.42. The van der Waals surface area contributed by atoms with E-state index in [9.17, 15) is 4.79 Å². The Morgan fingerprint density at radius 2 is 2.10 bits per heavy atom. The molecule has 20 heavy (non-hydrogen) atoms. The van der Waals surface area contributed by atoms with Crippen LogP contribution in [0.4, 0.5) is 11.6 Å². The Bertz CT molecular complexity index is 438. The van der Waals surface area contributed by atoms with Crippen LogP contribution < -0.4 is 21.9 Å². The maximum atomic E-state index is 11.5. The fourth-order valence-corrected chi connectivity index (χ4v) is 1.55. The second-order valence-corrected chi connectivity index (χ2v) is 4.53. The highest BCUT2D eigenvalue weighted by Gasteiger charge is 2.06. The summed E-state index contributed by atoms with van der Waals surface area (Å²) in [7, 11) is 1.56. The molecular formula is C12H22N6O2. The van der Waals surface area contributed by atoms with Crippen LogP contribution in [0.1, 0.15) is 26.1 Å². The largest absolute Gasteiger partial charge is 0.377 e.